The number of likely N-dealkylation sites (N-methyl/N-ethyl adjacent to an activating group) is 1. The largest absolute Gasteiger partial charge is 0.355 e. The molecule has 11 heteroatoms. The highest BCUT2D eigenvalue weighted by Gasteiger charge is 2.43. The van der Waals surface area contributed by atoms with Crippen molar-refractivity contribution in [3.8, 4) is 0 Å². The van der Waals surface area contributed by atoms with Crippen LogP contribution in [-0.4, -0.2) is 60.8 Å². The maximum Gasteiger partial charge on any atom is 0.251 e. The molecule has 3 unspecified atom stereocenters. The van der Waals surface area contributed by atoms with Crippen molar-refractivity contribution < 1.29 is 23.6 Å². The van der Waals surface area contributed by atoms with Crippen LogP contribution in [0, 0.1) is 11.7 Å². The number of anilines is 2. The first-order chi connectivity index (χ1) is 17.1. The number of benzene rings is 1. The normalized spacial score (nSPS) is 16.2. The van der Waals surface area contributed by atoms with Crippen LogP contribution in [0.25, 0.3) is 0 Å². The molecule has 0 saturated heterocycles. The van der Waals surface area contributed by atoms with E-state index in [0.717, 1.165) is 6.07 Å². The quantitative estimate of drug-likeness (QED) is 0.433. The van der Waals surface area contributed by atoms with Gasteiger partial charge in [0.05, 0.1) is 11.7 Å². The molecule has 192 valence electrons. The molecule has 0 radical (unpaired) electrons. The van der Waals surface area contributed by atoms with Gasteiger partial charge in [-0.2, -0.15) is 0 Å². The molecule has 3 rings (SSSR count). The van der Waals surface area contributed by atoms with Crippen molar-refractivity contribution in [3.05, 3.63) is 53.5 Å². The summed E-state index contributed by atoms with van der Waals surface area (Å²) in [6, 6.07) is 4.72. The van der Waals surface area contributed by atoms with Gasteiger partial charge in [0, 0.05) is 25.2 Å². The van der Waals surface area contributed by atoms with Crippen molar-refractivity contribution in [2.24, 2.45) is 5.92 Å². The molecule has 4 amide bonds. The van der Waals surface area contributed by atoms with Gasteiger partial charge in [-0.05, 0) is 49.7 Å². The fourth-order valence-electron chi connectivity index (χ4n) is 3.91. The van der Waals surface area contributed by atoms with Crippen molar-refractivity contribution in [3.63, 3.8) is 0 Å². The van der Waals surface area contributed by atoms with Gasteiger partial charge < -0.3 is 21.3 Å². The molecule has 1 aromatic heterocycles. The predicted molar refractivity (Wildman–Crippen MR) is 133 cm³/mol. The fraction of sp³-hybridized carbons (Fsp3) is 0.400. The molecule has 2 aromatic rings. The van der Waals surface area contributed by atoms with Crippen molar-refractivity contribution in [1.82, 2.24) is 20.9 Å². The molecule has 1 aliphatic rings. The van der Waals surface area contributed by atoms with Crippen LogP contribution in [0.3, 0.4) is 0 Å². The van der Waals surface area contributed by atoms with Gasteiger partial charge in [0.25, 0.3) is 11.8 Å². The number of carbonyl (C=O) groups is 4. The second-order valence-electron chi connectivity index (χ2n) is 8.92. The minimum Gasteiger partial charge on any atom is -0.355 e. The van der Waals surface area contributed by atoms with Crippen molar-refractivity contribution in [2.75, 3.05) is 24.3 Å². The molecule has 0 saturated carbocycles. The van der Waals surface area contributed by atoms with Crippen LogP contribution in [0.4, 0.5) is 15.9 Å². The van der Waals surface area contributed by atoms with Crippen LogP contribution in [-0.2, 0) is 20.8 Å². The lowest BCUT2D eigenvalue weighted by Gasteiger charge is -2.31. The third-order valence-electron chi connectivity index (χ3n) is 6.13. The molecule has 10 nitrogen and oxygen atoms in total. The Kier molecular flexibility index (Phi) is 8.36. The number of halogens is 1. The maximum absolute atomic E-state index is 14.7. The summed E-state index contributed by atoms with van der Waals surface area (Å²) in [5.41, 5.74) is 0.660. The van der Waals surface area contributed by atoms with E-state index in [0.29, 0.717) is 11.4 Å². The van der Waals surface area contributed by atoms with Crippen molar-refractivity contribution in [2.45, 2.75) is 45.3 Å². The van der Waals surface area contributed by atoms with Gasteiger partial charge in [0.15, 0.2) is 0 Å². The molecular weight excluding hydrogens is 467 g/mol. The summed E-state index contributed by atoms with van der Waals surface area (Å²) in [6.07, 6.45) is 1.69. The molecule has 4 N–H and O–H groups in total. The number of fused-ring (bicyclic) bond motifs is 1. The van der Waals surface area contributed by atoms with E-state index in [2.05, 4.69) is 26.3 Å². The molecule has 0 fully saturated rings. The number of rotatable bonds is 8. The monoisotopic (exact) mass is 498 g/mol. The summed E-state index contributed by atoms with van der Waals surface area (Å²) in [4.78, 5) is 56.9. The Morgan fingerprint density at radius 2 is 1.83 bits per heavy atom. The van der Waals surface area contributed by atoms with Crippen LogP contribution in [0.2, 0.25) is 0 Å². The summed E-state index contributed by atoms with van der Waals surface area (Å²) < 4.78 is 14.7. The van der Waals surface area contributed by atoms with Gasteiger partial charge in [-0.25, -0.2) is 9.37 Å². The molecule has 3 atom stereocenters. The van der Waals surface area contributed by atoms with E-state index < -0.39 is 41.7 Å². The Morgan fingerprint density at radius 1 is 1.11 bits per heavy atom. The second-order valence-corrected chi connectivity index (χ2v) is 8.92. The van der Waals surface area contributed by atoms with Crippen LogP contribution < -0.4 is 26.2 Å². The standard InChI is InChI=1S/C25H31FN6O4/c1-13(2)20(31-22(33)14(3)27-4)25(36)32-19(12-15-7-6-10-29-21(15)32)24(35)30-18-9-8-16(11-17(18)26)23(34)28-5/h6-11,13-14,19-20,27H,12H2,1-5H3,(H,28,34)(H,30,35)(H,31,33). The lowest BCUT2D eigenvalue weighted by molar-refractivity contribution is -0.130. The number of carbonyl (C=O) groups excluding carboxylic acids is 4. The van der Waals surface area contributed by atoms with Gasteiger partial charge in [0.2, 0.25) is 11.8 Å². The number of hydrogen-bond donors (Lipinski definition) is 4. The Morgan fingerprint density at radius 3 is 2.44 bits per heavy atom. The third kappa shape index (κ3) is 5.51. The summed E-state index contributed by atoms with van der Waals surface area (Å²) in [6.45, 7) is 5.26. The zero-order chi connectivity index (χ0) is 26.6. The first-order valence-corrected chi connectivity index (χ1v) is 11.7. The maximum atomic E-state index is 14.7. The predicted octanol–water partition coefficient (Wildman–Crippen LogP) is 1.23. The van der Waals surface area contributed by atoms with Crippen molar-refractivity contribution >= 4 is 35.1 Å². The first kappa shape index (κ1) is 26.7. The number of nitrogens with zero attached hydrogens (tertiary/aromatic N) is 2. The van der Waals surface area contributed by atoms with E-state index >= 15 is 0 Å². The second kappa shape index (κ2) is 11.3. The van der Waals surface area contributed by atoms with Crippen molar-refractivity contribution in [1.29, 1.82) is 0 Å². The van der Waals surface area contributed by atoms with Crippen LogP contribution in [0.15, 0.2) is 36.5 Å². The summed E-state index contributed by atoms with van der Waals surface area (Å²) in [5, 5.41) is 10.5. The fourth-order valence-corrected chi connectivity index (χ4v) is 3.91. The van der Waals surface area contributed by atoms with E-state index in [1.165, 1.54) is 30.3 Å². The number of pyridine rings is 1. The molecule has 1 aliphatic heterocycles. The Hall–Kier alpha value is -3.86. The third-order valence-corrected chi connectivity index (χ3v) is 6.13. The van der Waals surface area contributed by atoms with Crippen LogP contribution >= 0.6 is 0 Å². The average molecular weight is 499 g/mol. The van der Waals surface area contributed by atoms with Crippen LogP contribution in [0.5, 0.6) is 0 Å². The molecule has 36 heavy (non-hydrogen) atoms. The van der Waals surface area contributed by atoms with E-state index in [9.17, 15) is 23.6 Å². The molecule has 0 bridgehead atoms. The van der Waals surface area contributed by atoms with E-state index in [-0.39, 0.29) is 29.5 Å². The number of hydrogen-bond acceptors (Lipinski definition) is 6. The van der Waals surface area contributed by atoms with Crippen LogP contribution in [0.1, 0.15) is 36.7 Å². The van der Waals surface area contributed by atoms with Gasteiger partial charge in [-0.1, -0.05) is 19.9 Å². The number of aromatic nitrogens is 1. The molecule has 0 spiro atoms. The highest BCUT2D eigenvalue weighted by molar-refractivity contribution is 6.09. The SMILES string of the molecule is CNC(=O)c1ccc(NC(=O)C2Cc3cccnc3N2C(=O)C(NC(=O)C(C)NC)C(C)C)c(F)c1. The Balaban J connectivity index is 1.90. The lowest BCUT2D eigenvalue weighted by Crippen LogP contribution is -2.57. The minimum atomic E-state index is -1.01. The Labute approximate surface area is 209 Å². The summed E-state index contributed by atoms with van der Waals surface area (Å²) in [7, 11) is 3.07. The first-order valence-electron chi connectivity index (χ1n) is 11.7. The summed E-state index contributed by atoms with van der Waals surface area (Å²) in [5.74, 6) is -2.68. The molecule has 2 heterocycles. The summed E-state index contributed by atoms with van der Waals surface area (Å²) >= 11 is 0. The Bertz CT molecular complexity index is 1170. The number of amides is 4. The highest BCUT2D eigenvalue weighted by Crippen LogP contribution is 2.32. The molecular formula is C25H31FN6O4. The van der Waals surface area contributed by atoms with E-state index in [4.69, 9.17) is 0 Å². The van der Waals surface area contributed by atoms with Gasteiger partial charge >= 0.3 is 0 Å². The number of nitrogens with one attached hydrogen (secondary N) is 4. The molecule has 1 aromatic carbocycles. The zero-order valence-electron chi connectivity index (χ0n) is 20.9. The smallest absolute Gasteiger partial charge is 0.251 e. The zero-order valence-corrected chi connectivity index (χ0v) is 20.9. The topological polar surface area (TPSA) is 133 Å². The van der Waals surface area contributed by atoms with Gasteiger partial charge in [-0.3, -0.25) is 24.1 Å². The van der Waals surface area contributed by atoms with Gasteiger partial charge in [0.1, 0.15) is 23.7 Å². The molecule has 0 aliphatic carbocycles. The highest BCUT2D eigenvalue weighted by atomic mass is 19.1. The van der Waals surface area contributed by atoms with E-state index in [1.54, 1.807) is 40.0 Å². The average Bonchev–Trinajstić information content (AvgIpc) is 3.26. The minimum absolute atomic E-state index is 0.105. The van der Waals surface area contributed by atoms with E-state index in [1.807, 2.05) is 0 Å². The lowest BCUT2D eigenvalue weighted by atomic mass is 10.0. The van der Waals surface area contributed by atoms with Gasteiger partial charge in [-0.15, -0.1) is 0 Å².